The summed E-state index contributed by atoms with van der Waals surface area (Å²) in [5, 5.41) is 11.3. The van der Waals surface area contributed by atoms with Gasteiger partial charge in [-0.3, -0.25) is 34.2 Å². The van der Waals surface area contributed by atoms with E-state index in [0.29, 0.717) is 124 Å². The third kappa shape index (κ3) is 42.1. The maximum absolute atomic E-state index is 14.1. The molecule has 0 unspecified atom stereocenters. The first-order valence-electron chi connectivity index (χ1n) is 32.1. The molecule has 0 rings (SSSR count). The van der Waals surface area contributed by atoms with E-state index in [1.165, 1.54) is 32.8 Å². The maximum Gasteiger partial charge on any atom is 0.460 e. The van der Waals surface area contributed by atoms with Gasteiger partial charge in [-0.05, 0) is 90.0 Å². The highest BCUT2D eigenvalue weighted by molar-refractivity contribution is 5.86. The van der Waals surface area contributed by atoms with E-state index in [1.807, 2.05) is 0 Å². The summed E-state index contributed by atoms with van der Waals surface area (Å²) in [6.07, 6.45) is 0.0150. The standard InChI is InChI=1S/C25H34F17N5O4.C19H34N4O4.C15H29N7O4.2CH4/c1-47(2)17(43)46-10-6-7-14(16(49)45-9-4-3-5-11-51-44)13-15(48)50-12-8-18(26,27)19(28,29)20(30,31)21(32,33)22(34,35)23(36,37)24(38,39)25(40,41)42;1-3-4-5-6-11-26-13-14-27-12-10-22-18(25)17(15-16(2)24)8-7-9-23-19(20)21;1-12(23)11-13(3-2-4-20-15(16)17)14(24)19-5-7-25-9-10-26-8-6-21-22-18;;/h14H,3-13,44H2,1-2H3,(H2,43,46)(H,45,49);1,17H,4-15H2,2H3,(H,22,25)(H4,20,21,23);13H,2-11H2,1H3,(H,19,24)(H4,16,17,20);2*1H4/t14-;17-;13-;;/m111../s1. The number of unbranched alkanes of at least 4 members (excludes halogenated alkanes) is 4. The largest absolute Gasteiger partial charge is 0.465 e. The van der Waals surface area contributed by atoms with E-state index in [2.05, 4.69) is 56.4 Å². The minimum Gasteiger partial charge on any atom is -0.465 e. The smallest absolute Gasteiger partial charge is 0.460 e. The second-order valence-electron chi connectivity index (χ2n) is 22.8. The summed E-state index contributed by atoms with van der Waals surface area (Å²) in [4.78, 5) is 92.0. The molecule has 620 valence electrons. The van der Waals surface area contributed by atoms with Crippen molar-refractivity contribution in [3.05, 3.63) is 10.4 Å². The van der Waals surface area contributed by atoms with E-state index in [1.54, 1.807) is 0 Å². The highest BCUT2D eigenvalue weighted by atomic mass is 19.4. The Balaban J connectivity index is -0.000000522. The van der Waals surface area contributed by atoms with Crippen molar-refractivity contribution >= 4 is 53.1 Å². The van der Waals surface area contributed by atoms with Gasteiger partial charge in [0.25, 0.3) is 0 Å². The van der Waals surface area contributed by atoms with Crippen molar-refractivity contribution in [3.63, 3.8) is 0 Å². The summed E-state index contributed by atoms with van der Waals surface area (Å²) in [7, 11) is 3.06. The van der Waals surface area contributed by atoms with Crippen molar-refractivity contribution in [1.29, 1.82) is 0 Å². The molecule has 0 fully saturated rings. The molecule has 0 aliphatic carbocycles. The highest BCUT2D eigenvalue weighted by Gasteiger charge is 2.95. The van der Waals surface area contributed by atoms with Crippen molar-refractivity contribution in [2.75, 3.05) is 126 Å². The molecule has 0 aromatic heterocycles. The van der Waals surface area contributed by atoms with Crippen LogP contribution in [0.4, 0.5) is 74.6 Å². The first kappa shape index (κ1) is 107. The minimum atomic E-state index is -8.74. The van der Waals surface area contributed by atoms with Gasteiger partial charge in [-0.25, -0.2) is 5.90 Å². The topological polar surface area (TPSA) is 439 Å². The Bertz CT molecular complexity index is 2690. The van der Waals surface area contributed by atoms with E-state index in [4.69, 9.17) is 65.5 Å². The normalized spacial score (nSPS) is 12.9. The fourth-order valence-corrected chi connectivity index (χ4v) is 8.19. The average molecular weight is 1580 g/mol. The van der Waals surface area contributed by atoms with Crippen LogP contribution < -0.4 is 50.5 Å². The van der Waals surface area contributed by atoms with Crippen molar-refractivity contribution in [1.82, 2.24) is 20.9 Å². The van der Waals surface area contributed by atoms with Gasteiger partial charge in [0.1, 0.15) is 11.6 Å². The van der Waals surface area contributed by atoms with Crippen molar-refractivity contribution in [2.24, 2.45) is 72.4 Å². The van der Waals surface area contributed by atoms with Crippen LogP contribution >= 0.6 is 0 Å². The van der Waals surface area contributed by atoms with Crippen LogP contribution in [0, 0.1) is 30.1 Å². The van der Waals surface area contributed by atoms with Crippen LogP contribution in [0.1, 0.15) is 131 Å². The first-order valence-corrected chi connectivity index (χ1v) is 32.1. The molecule has 0 aliphatic rings. The SMILES string of the molecule is C.C.C#CCCCCOCCOCCNC(=O)[C@H](CCCN=C(N)N)CC(C)=O.CC(=O)C[C@@H](CCCN=C(N)N)C(=O)NCCOCCOCCN=[N+]=[N-].CN(C)C(N)=NCCC[C@H](CC(=O)OCCC(F)(F)C(F)(F)C(F)(F)C(F)(F)C(F)(F)C(F)(F)C(F)(F)C(F)(F)F)C(=O)NCCCCCON. The first-order chi connectivity index (χ1) is 48.3. The van der Waals surface area contributed by atoms with Crippen LogP contribution in [0.15, 0.2) is 20.1 Å². The average Bonchev–Trinajstić information content (AvgIpc) is 0.697. The van der Waals surface area contributed by atoms with Crippen LogP contribution in [0.2, 0.25) is 0 Å². The molecule has 0 bridgehead atoms. The second-order valence-corrected chi connectivity index (χ2v) is 22.8. The molecule has 0 spiro atoms. The molecule has 0 radical (unpaired) electrons. The van der Waals surface area contributed by atoms with Crippen LogP contribution in [-0.4, -0.2) is 232 Å². The van der Waals surface area contributed by atoms with Gasteiger partial charge in [-0.15, -0.1) is 12.3 Å². The minimum absolute atomic E-state index is 0. The number of nitrogens with one attached hydrogen (secondary N) is 3. The molecular formula is C61H105F17N16O12. The van der Waals surface area contributed by atoms with E-state index < -0.39 is 90.8 Å². The second kappa shape index (κ2) is 55.8. The lowest BCUT2D eigenvalue weighted by Gasteiger charge is -2.42. The van der Waals surface area contributed by atoms with Crippen LogP contribution in [-0.2, 0) is 57.3 Å². The summed E-state index contributed by atoms with van der Waals surface area (Å²) in [5.74, 6) is -54.8. The van der Waals surface area contributed by atoms with Gasteiger partial charge < -0.3 is 87.6 Å². The molecule has 0 saturated carbocycles. The molecule has 0 aromatic rings. The number of carbonyl (C=O) groups excluding carboxylic acids is 6. The lowest BCUT2D eigenvalue weighted by molar-refractivity contribution is -0.461. The molecule has 106 heavy (non-hydrogen) atoms. The van der Waals surface area contributed by atoms with Crippen molar-refractivity contribution in [3.8, 4) is 12.3 Å². The van der Waals surface area contributed by atoms with Crippen molar-refractivity contribution in [2.45, 2.75) is 179 Å². The van der Waals surface area contributed by atoms with Crippen LogP contribution in [0.3, 0.4) is 0 Å². The number of aliphatic imine (C=N–C) groups is 3. The number of hydrogen-bond donors (Lipinski definition) is 9. The van der Waals surface area contributed by atoms with E-state index >= 15 is 0 Å². The summed E-state index contributed by atoms with van der Waals surface area (Å²) in [6, 6.07) is 0. The van der Waals surface area contributed by atoms with Crippen LogP contribution in [0.5, 0.6) is 0 Å². The van der Waals surface area contributed by atoms with Crippen molar-refractivity contribution < 1.29 is 132 Å². The maximum atomic E-state index is 14.1. The summed E-state index contributed by atoms with van der Waals surface area (Å²) in [6.45, 7) is 6.41. The quantitative estimate of drug-likeness (QED) is 0.00269. The summed E-state index contributed by atoms with van der Waals surface area (Å²) >= 11 is 0. The Morgan fingerprint density at radius 1 is 0.481 bits per heavy atom. The zero-order chi connectivity index (χ0) is 80.4. The molecule has 15 N–H and O–H groups in total. The Kier molecular flexibility index (Phi) is 56.4. The highest BCUT2D eigenvalue weighted by Crippen LogP contribution is 2.64. The van der Waals surface area contributed by atoms with Gasteiger partial charge in [0.15, 0.2) is 17.9 Å². The number of ketones is 2. The number of alkyl halides is 17. The molecule has 0 aromatic carbocycles. The predicted octanol–water partition coefficient (Wildman–Crippen LogP) is 7.72. The molecule has 0 heterocycles. The van der Waals surface area contributed by atoms with E-state index in [0.717, 1.165) is 19.3 Å². The number of Topliss-reactive ketones (excluding diaryl/α,β-unsaturated/α-hetero) is 2. The van der Waals surface area contributed by atoms with Gasteiger partial charge >= 0.3 is 53.6 Å². The number of amides is 3. The predicted molar refractivity (Wildman–Crippen MR) is 358 cm³/mol. The number of azide groups is 1. The third-order valence-corrected chi connectivity index (χ3v) is 13.8. The zero-order valence-corrected chi connectivity index (χ0v) is 58.1. The number of guanidine groups is 3. The number of rotatable bonds is 55. The van der Waals surface area contributed by atoms with Gasteiger partial charge in [0.2, 0.25) is 17.7 Å². The number of halogens is 17. The van der Waals surface area contributed by atoms with E-state index in [-0.39, 0.29) is 114 Å². The van der Waals surface area contributed by atoms with Gasteiger partial charge in [-0.2, -0.15) is 74.6 Å². The fraction of sp³-hybridized carbons (Fsp3) is 0.820. The molecule has 0 saturated heterocycles. The number of nitrogens with zero attached hydrogens (tertiary/aromatic N) is 7. The monoisotopic (exact) mass is 1580 g/mol. The number of ether oxygens (including phenoxy) is 5. The molecule has 45 heteroatoms. The molecule has 3 atom stereocenters. The van der Waals surface area contributed by atoms with E-state index in [9.17, 15) is 103 Å². The Morgan fingerprint density at radius 3 is 1.26 bits per heavy atom. The Hall–Kier alpha value is -7.53. The number of esters is 1. The lowest BCUT2D eigenvalue weighted by Crippen LogP contribution is -2.74. The van der Waals surface area contributed by atoms with Gasteiger partial charge in [-0.1, -0.05) is 20.0 Å². The lowest BCUT2D eigenvalue weighted by atomic mass is 9.88. The third-order valence-electron chi connectivity index (χ3n) is 13.8. The Labute approximate surface area is 604 Å². The number of terminal acetylenes is 1. The fourth-order valence-electron chi connectivity index (χ4n) is 8.19. The summed E-state index contributed by atoms with van der Waals surface area (Å²) < 4.78 is 254. The number of hydrogen-bond acceptors (Lipinski definition) is 17. The Morgan fingerprint density at radius 2 is 0.868 bits per heavy atom. The molecular weight excluding hydrogens is 1470 g/mol. The number of nitrogens with two attached hydrogens (primary N) is 6. The van der Waals surface area contributed by atoms with Gasteiger partial charge in [0, 0.05) is 108 Å². The molecule has 0 aliphatic heterocycles. The molecule has 3 amide bonds. The molecule has 28 nitrogen and oxygen atoms in total. The number of carbonyl (C=O) groups is 6. The van der Waals surface area contributed by atoms with Crippen LogP contribution in [0.25, 0.3) is 10.4 Å². The van der Waals surface area contributed by atoms with Gasteiger partial charge in [0.05, 0.1) is 72.3 Å². The summed E-state index contributed by atoms with van der Waals surface area (Å²) in [5.41, 5.74) is 34.7. The zero-order valence-electron chi connectivity index (χ0n) is 58.1.